The molecule has 38 heavy (non-hydrogen) atoms. The van der Waals surface area contributed by atoms with Gasteiger partial charge in [0.05, 0.1) is 29.8 Å². The summed E-state index contributed by atoms with van der Waals surface area (Å²) in [5.74, 6) is 0.537. The van der Waals surface area contributed by atoms with Crippen molar-refractivity contribution in [1.82, 2.24) is 14.6 Å². The molecule has 9 nitrogen and oxygen atoms in total. The third-order valence-electron chi connectivity index (χ3n) is 5.80. The molecule has 10 heteroatoms. The third kappa shape index (κ3) is 8.54. The number of hydrogen-bond donors (Lipinski definition) is 2. The van der Waals surface area contributed by atoms with Gasteiger partial charge in [0.25, 0.3) is 0 Å². The first kappa shape index (κ1) is 29.1. The van der Waals surface area contributed by atoms with Gasteiger partial charge in [0, 0.05) is 19.3 Å². The summed E-state index contributed by atoms with van der Waals surface area (Å²) in [5, 5.41) is 14.0. The van der Waals surface area contributed by atoms with Gasteiger partial charge in [0.2, 0.25) is 10.0 Å². The first-order chi connectivity index (χ1) is 18.2. The molecule has 2 atom stereocenters. The summed E-state index contributed by atoms with van der Waals surface area (Å²) < 4.78 is 38.7. The number of aliphatic hydroxyl groups excluding tert-OH is 1. The number of ether oxygens (including phenoxy) is 2. The summed E-state index contributed by atoms with van der Waals surface area (Å²) in [5.41, 5.74) is 1.45. The maximum Gasteiger partial charge on any atom is 0.407 e. The third-order valence-corrected chi connectivity index (χ3v) is 7.65. The van der Waals surface area contributed by atoms with Crippen LogP contribution in [0.5, 0.6) is 5.75 Å². The van der Waals surface area contributed by atoms with Crippen LogP contribution in [0.4, 0.5) is 4.79 Å². The predicted molar refractivity (Wildman–Crippen MR) is 144 cm³/mol. The Hall–Kier alpha value is -3.47. The van der Waals surface area contributed by atoms with E-state index in [-0.39, 0.29) is 36.9 Å². The lowest BCUT2D eigenvalue weighted by atomic mass is 10.0. The van der Waals surface area contributed by atoms with Crippen LogP contribution in [0.15, 0.2) is 83.9 Å². The van der Waals surface area contributed by atoms with Crippen LogP contribution in [0.3, 0.4) is 0 Å². The maximum atomic E-state index is 13.5. The van der Waals surface area contributed by atoms with E-state index in [0.29, 0.717) is 11.4 Å². The van der Waals surface area contributed by atoms with Crippen LogP contribution in [-0.4, -0.2) is 61.3 Å². The molecule has 0 aliphatic rings. The Morgan fingerprint density at radius 3 is 2.29 bits per heavy atom. The lowest BCUT2D eigenvalue weighted by molar-refractivity contribution is 0.0869. The molecular formula is C28H35N3O6S. The highest BCUT2D eigenvalue weighted by Crippen LogP contribution is 2.21. The van der Waals surface area contributed by atoms with E-state index in [1.54, 1.807) is 36.5 Å². The van der Waals surface area contributed by atoms with Gasteiger partial charge in [-0.3, -0.25) is 4.98 Å². The van der Waals surface area contributed by atoms with Crippen LogP contribution in [0.25, 0.3) is 0 Å². The van der Waals surface area contributed by atoms with Crippen molar-refractivity contribution >= 4 is 16.1 Å². The average Bonchev–Trinajstić information content (AvgIpc) is 2.92. The number of hydrogen-bond acceptors (Lipinski definition) is 7. The first-order valence-corrected chi connectivity index (χ1v) is 13.8. The molecule has 0 spiro atoms. The van der Waals surface area contributed by atoms with Crippen LogP contribution < -0.4 is 10.1 Å². The number of carbonyl (C=O) groups is 1. The number of carbonyl (C=O) groups excluding carboxylic acids is 1. The molecule has 0 saturated heterocycles. The Labute approximate surface area is 224 Å². The molecule has 1 heterocycles. The van der Waals surface area contributed by atoms with Gasteiger partial charge in [0.1, 0.15) is 12.4 Å². The fourth-order valence-corrected chi connectivity index (χ4v) is 5.50. The van der Waals surface area contributed by atoms with Crippen LogP contribution in [0.2, 0.25) is 0 Å². The molecule has 1 unspecified atom stereocenters. The highest BCUT2D eigenvalue weighted by atomic mass is 32.2. The number of methoxy groups -OCH3 is 1. The Morgan fingerprint density at radius 2 is 1.68 bits per heavy atom. The number of sulfonamides is 1. The first-order valence-electron chi connectivity index (χ1n) is 12.4. The predicted octanol–water partition coefficient (Wildman–Crippen LogP) is 3.64. The van der Waals surface area contributed by atoms with Gasteiger partial charge < -0.3 is 19.9 Å². The summed E-state index contributed by atoms with van der Waals surface area (Å²) in [7, 11) is -2.43. The zero-order valence-electron chi connectivity index (χ0n) is 21.9. The van der Waals surface area contributed by atoms with Gasteiger partial charge >= 0.3 is 6.09 Å². The SMILES string of the molecule is COc1ccc(S(=O)(=O)N(CC(C)C)CC(O)[C@H](Cc2ccccc2)NC(=O)OCc2ccccn2)cc1. The summed E-state index contributed by atoms with van der Waals surface area (Å²) >= 11 is 0. The molecule has 2 N–H and O–H groups in total. The highest BCUT2D eigenvalue weighted by Gasteiger charge is 2.31. The molecule has 0 saturated carbocycles. The van der Waals surface area contributed by atoms with E-state index < -0.39 is 28.3 Å². The van der Waals surface area contributed by atoms with Gasteiger partial charge in [-0.1, -0.05) is 50.2 Å². The smallest absolute Gasteiger partial charge is 0.407 e. The maximum absolute atomic E-state index is 13.5. The molecule has 1 aromatic heterocycles. The molecule has 1 amide bonds. The second-order valence-corrected chi connectivity index (χ2v) is 11.2. The molecule has 0 bridgehead atoms. The van der Waals surface area contributed by atoms with E-state index in [0.717, 1.165) is 5.56 Å². The van der Waals surface area contributed by atoms with Crippen LogP contribution in [0.1, 0.15) is 25.1 Å². The highest BCUT2D eigenvalue weighted by molar-refractivity contribution is 7.89. The van der Waals surface area contributed by atoms with Gasteiger partial charge in [-0.25, -0.2) is 13.2 Å². The van der Waals surface area contributed by atoms with Crippen molar-refractivity contribution in [2.45, 2.75) is 43.9 Å². The number of rotatable bonds is 13. The van der Waals surface area contributed by atoms with E-state index in [4.69, 9.17) is 9.47 Å². The van der Waals surface area contributed by atoms with E-state index in [1.165, 1.54) is 23.5 Å². The minimum atomic E-state index is -3.93. The van der Waals surface area contributed by atoms with E-state index in [2.05, 4.69) is 10.3 Å². The number of benzene rings is 2. The topological polar surface area (TPSA) is 118 Å². The second-order valence-electron chi connectivity index (χ2n) is 9.30. The zero-order chi connectivity index (χ0) is 27.5. The van der Waals surface area contributed by atoms with Crippen LogP contribution in [-0.2, 0) is 27.8 Å². The fourth-order valence-electron chi connectivity index (χ4n) is 3.88. The van der Waals surface area contributed by atoms with E-state index >= 15 is 0 Å². The van der Waals surface area contributed by atoms with Crippen molar-refractivity contribution in [2.75, 3.05) is 20.2 Å². The van der Waals surface area contributed by atoms with E-state index in [1.807, 2.05) is 44.2 Å². The molecule has 0 radical (unpaired) electrons. The fraction of sp³-hybridized carbons (Fsp3) is 0.357. The Balaban J connectivity index is 1.79. The minimum absolute atomic E-state index is 0.000839. The lowest BCUT2D eigenvalue weighted by Crippen LogP contribution is -2.51. The number of aliphatic hydroxyl groups is 1. The molecule has 0 fully saturated rings. The van der Waals surface area contributed by atoms with Gasteiger partial charge in [-0.05, 0) is 54.3 Å². The van der Waals surface area contributed by atoms with Crippen LogP contribution >= 0.6 is 0 Å². The number of nitrogens with one attached hydrogen (secondary N) is 1. The normalized spacial score (nSPS) is 13.2. The Bertz CT molecular complexity index is 1240. The molecule has 3 aromatic rings. The molecule has 0 aliphatic carbocycles. The van der Waals surface area contributed by atoms with Crippen LogP contribution in [0, 0.1) is 5.92 Å². The molecular weight excluding hydrogens is 506 g/mol. The molecule has 0 aliphatic heterocycles. The van der Waals surface area contributed by atoms with Gasteiger partial charge in [-0.15, -0.1) is 0 Å². The van der Waals surface area contributed by atoms with Gasteiger partial charge in [0.15, 0.2) is 0 Å². The summed E-state index contributed by atoms with van der Waals surface area (Å²) in [6, 6.07) is 19.9. The van der Waals surface area contributed by atoms with Crippen molar-refractivity contribution in [3.05, 3.63) is 90.3 Å². The Morgan fingerprint density at radius 1 is 1.00 bits per heavy atom. The zero-order valence-corrected chi connectivity index (χ0v) is 22.7. The molecule has 3 rings (SSSR count). The number of pyridine rings is 1. The second kappa shape index (κ2) is 13.9. The number of alkyl carbamates (subject to hydrolysis) is 1. The Kier molecular flexibility index (Phi) is 10.6. The number of nitrogens with zero attached hydrogens (tertiary/aromatic N) is 2. The average molecular weight is 542 g/mol. The quantitative estimate of drug-likeness (QED) is 0.339. The van der Waals surface area contributed by atoms with Gasteiger partial charge in [-0.2, -0.15) is 4.31 Å². The van der Waals surface area contributed by atoms with Crippen molar-refractivity contribution < 1.29 is 27.8 Å². The molecule has 204 valence electrons. The lowest BCUT2D eigenvalue weighted by Gasteiger charge is -2.30. The standard InChI is InChI=1S/C28H35N3O6S/c1-21(2)18-31(38(34,35)25-14-12-24(36-3)13-15-25)19-27(32)26(17-22-9-5-4-6-10-22)30-28(33)37-20-23-11-7-8-16-29-23/h4-16,21,26-27,32H,17-20H2,1-3H3,(H,30,33)/t26-,27?/m0/s1. The molecule has 2 aromatic carbocycles. The van der Waals surface area contributed by atoms with Crippen molar-refractivity contribution in [3.8, 4) is 5.75 Å². The van der Waals surface area contributed by atoms with Crippen molar-refractivity contribution in [1.29, 1.82) is 0 Å². The summed E-state index contributed by atoms with van der Waals surface area (Å²) in [6.07, 6.45) is -0.0716. The van der Waals surface area contributed by atoms with Crippen molar-refractivity contribution in [2.24, 2.45) is 5.92 Å². The summed E-state index contributed by atoms with van der Waals surface area (Å²) in [6.45, 7) is 3.74. The number of amides is 1. The minimum Gasteiger partial charge on any atom is -0.497 e. The number of aromatic nitrogens is 1. The summed E-state index contributed by atoms with van der Waals surface area (Å²) in [4.78, 5) is 16.9. The van der Waals surface area contributed by atoms with Crippen molar-refractivity contribution in [3.63, 3.8) is 0 Å². The largest absolute Gasteiger partial charge is 0.497 e. The monoisotopic (exact) mass is 541 g/mol. The van der Waals surface area contributed by atoms with E-state index in [9.17, 15) is 18.3 Å².